The van der Waals surface area contributed by atoms with Crippen LogP contribution in [-0.2, 0) is 16.1 Å². The highest BCUT2D eigenvalue weighted by molar-refractivity contribution is 6.30. The molecule has 0 saturated heterocycles. The molecule has 1 amide bonds. The minimum absolute atomic E-state index is 0.0607. The first-order valence-electron chi connectivity index (χ1n) is 7.07. The number of nitrogens with zero attached hydrogens (tertiary/aromatic N) is 4. The zero-order valence-corrected chi connectivity index (χ0v) is 12.8. The van der Waals surface area contributed by atoms with Crippen molar-refractivity contribution in [3.8, 4) is 11.4 Å². The van der Waals surface area contributed by atoms with Crippen LogP contribution in [0.1, 0.15) is 12.8 Å². The Kier molecular flexibility index (Phi) is 4.24. The lowest BCUT2D eigenvalue weighted by atomic mass is 9.80. The molecular formula is C14H14ClN5O3. The second-order valence-electron chi connectivity index (χ2n) is 5.42. The number of amides is 1. The Morgan fingerprint density at radius 3 is 2.65 bits per heavy atom. The lowest BCUT2D eigenvalue weighted by molar-refractivity contribution is -0.146. The Bertz CT molecular complexity index is 724. The second-order valence-corrected chi connectivity index (χ2v) is 5.86. The maximum Gasteiger partial charge on any atom is 0.306 e. The van der Waals surface area contributed by atoms with Gasteiger partial charge < -0.3 is 10.4 Å². The summed E-state index contributed by atoms with van der Waals surface area (Å²) in [6.07, 6.45) is 0.920. The van der Waals surface area contributed by atoms with Crippen LogP contribution in [-0.4, -0.2) is 43.2 Å². The number of carboxylic acid groups (broad SMARTS) is 1. The molecule has 0 atom stereocenters. The average Bonchev–Trinajstić information content (AvgIpc) is 2.91. The van der Waals surface area contributed by atoms with E-state index < -0.39 is 5.97 Å². The molecule has 1 aromatic carbocycles. The van der Waals surface area contributed by atoms with Crippen molar-refractivity contribution in [2.75, 3.05) is 0 Å². The van der Waals surface area contributed by atoms with Gasteiger partial charge in [0.15, 0.2) is 0 Å². The summed E-state index contributed by atoms with van der Waals surface area (Å²) < 4.78 is 0. The largest absolute Gasteiger partial charge is 0.481 e. The maximum atomic E-state index is 11.9. The number of hydrogen-bond acceptors (Lipinski definition) is 5. The summed E-state index contributed by atoms with van der Waals surface area (Å²) in [6, 6.07) is 6.89. The van der Waals surface area contributed by atoms with Crippen LogP contribution in [0, 0.1) is 5.92 Å². The van der Waals surface area contributed by atoms with Crippen LogP contribution in [0.25, 0.3) is 11.4 Å². The zero-order valence-electron chi connectivity index (χ0n) is 12.0. The molecule has 1 fully saturated rings. The van der Waals surface area contributed by atoms with Gasteiger partial charge in [-0.05, 0) is 42.3 Å². The molecule has 1 heterocycles. The Balaban J connectivity index is 1.54. The number of carboxylic acids is 1. The van der Waals surface area contributed by atoms with Crippen molar-refractivity contribution in [2.45, 2.75) is 25.4 Å². The van der Waals surface area contributed by atoms with Crippen molar-refractivity contribution in [3.05, 3.63) is 29.3 Å². The quantitative estimate of drug-likeness (QED) is 0.842. The average molecular weight is 336 g/mol. The standard InChI is InChI=1S/C14H14ClN5O3/c15-10-3-1-8(2-4-10)13-17-19-20(18-13)7-12(21)16-11-5-9(6-11)14(22)23/h1-4,9,11H,5-7H2,(H,16,21)(H,22,23). The van der Waals surface area contributed by atoms with E-state index in [1.165, 1.54) is 4.80 Å². The van der Waals surface area contributed by atoms with Gasteiger partial charge in [-0.25, -0.2) is 0 Å². The van der Waals surface area contributed by atoms with Crippen LogP contribution in [0.4, 0.5) is 0 Å². The molecule has 0 bridgehead atoms. The van der Waals surface area contributed by atoms with Crippen molar-refractivity contribution < 1.29 is 14.7 Å². The fraction of sp³-hybridized carbons (Fsp3) is 0.357. The van der Waals surface area contributed by atoms with Crippen LogP contribution >= 0.6 is 11.6 Å². The number of carbonyl (C=O) groups is 2. The zero-order chi connectivity index (χ0) is 16.4. The smallest absolute Gasteiger partial charge is 0.306 e. The van der Waals surface area contributed by atoms with Gasteiger partial charge in [0.25, 0.3) is 0 Å². The minimum Gasteiger partial charge on any atom is -0.481 e. The molecule has 0 radical (unpaired) electrons. The van der Waals surface area contributed by atoms with E-state index in [9.17, 15) is 9.59 Å². The third-order valence-corrected chi connectivity index (χ3v) is 3.94. The predicted molar refractivity (Wildman–Crippen MR) is 80.6 cm³/mol. The Labute approximate surface area is 136 Å². The first-order chi connectivity index (χ1) is 11.0. The first kappa shape index (κ1) is 15.4. The second kappa shape index (κ2) is 6.33. The molecule has 1 aliphatic rings. The van der Waals surface area contributed by atoms with Gasteiger partial charge in [0.05, 0.1) is 5.92 Å². The van der Waals surface area contributed by atoms with Gasteiger partial charge in [-0.2, -0.15) is 4.80 Å². The minimum atomic E-state index is -0.818. The first-order valence-corrected chi connectivity index (χ1v) is 7.45. The summed E-state index contributed by atoms with van der Waals surface area (Å²) in [6.45, 7) is -0.0607. The molecule has 1 saturated carbocycles. The molecule has 0 unspecified atom stereocenters. The molecule has 2 aromatic rings. The molecular weight excluding hydrogens is 322 g/mol. The number of nitrogens with one attached hydrogen (secondary N) is 1. The van der Waals surface area contributed by atoms with Gasteiger partial charge in [0.2, 0.25) is 11.7 Å². The van der Waals surface area contributed by atoms with Crippen LogP contribution in [0.15, 0.2) is 24.3 Å². The molecule has 23 heavy (non-hydrogen) atoms. The number of rotatable bonds is 5. The number of benzene rings is 1. The van der Waals surface area contributed by atoms with Crippen molar-refractivity contribution in [2.24, 2.45) is 5.92 Å². The van der Waals surface area contributed by atoms with Gasteiger partial charge >= 0.3 is 5.97 Å². The number of aliphatic carboxylic acids is 1. The molecule has 9 heteroatoms. The molecule has 0 spiro atoms. The number of hydrogen-bond donors (Lipinski definition) is 2. The lowest BCUT2D eigenvalue weighted by Gasteiger charge is -2.32. The van der Waals surface area contributed by atoms with Crippen molar-refractivity contribution in [3.63, 3.8) is 0 Å². The third-order valence-electron chi connectivity index (χ3n) is 3.69. The van der Waals surface area contributed by atoms with E-state index in [-0.39, 0.29) is 24.4 Å². The van der Waals surface area contributed by atoms with Gasteiger partial charge in [0, 0.05) is 16.6 Å². The number of tetrazole rings is 1. The summed E-state index contributed by atoms with van der Waals surface area (Å²) >= 11 is 5.82. The van der Waals surface area contributed by atoms with E-state index in [4.69, 9.17) is 16.7 Å². The third kappa shape index (κ3) is 3.65. The highest BCUT2D eigenvalue weighted by Gasteiger charge is 2.35. The van der Waals surface area contributed by atoms with Crippen molar-refractivity contribution in [1.29, 1.82) is 0 Å². The Hall–Kier alpha value is -2.48. The summed E-state index contributed by atoms with van der Waals surface area (Å²) in [7, 11) is 0. The molecule has 120 valence electrons. The highest BCUT2D eigenvalue weighted by atomic mass is 35.5. The Morgan fingerprint density at radius 1 is 1.30 bits per heavy atom. The van der Waals surface area contributed by atoms with Crippen molar-refractivity contribution >= 4 is 23.5 Å². The molecule has 2 N–H and O–H groups in total. The van der Waals surface area contributed by atoms with Crippen molar-refractivity contribution in [1.82, 2.24) is 25.5 Å². The fourth-order valence-corrected chi connectivity index (χ4v) is 2.49. The fourth-order valence-electron chi connectivity index (χ4n) is 2.36. The molecule has 1 aromatic heterocycles. The van der Waals surface area contributed by atoms with Crippen LogP contribution in [0.3, 0.4) is 0 Å². The summed E-state index contributed by atoms with van der Waals surface area (Å²) in [5, 5.41) is 24.0. The topological polar surface area (TPSA) is 110 Å². The molecule has 0 aliphatic heterocycles. The maximum absolute atomic E-state index is 11.9. The SMILES string of the molecule is O=C(Cn1nnc(-c2ccc(Cl)cc2)n1)NC1CC(C(=O)O)C1. The van der Waals surface area contributed by atoms with E-state index in [1.807, 2.05) is 0 Å². The van der Waals surface area contributed by atoms with E-state index in [2.05, 4.69) is 20.7 Å². The summed E-state index contributed by atoms with van der Waals surface area (Å²) in [5.74, 6) is -1.04. The number of carbonyl (C=O) groups excluding carboxylic acids is 1. The van der Waals surface area contributed by atoms with Gasteiger partial charge in [-0.1, -0.05) is 11.6 Å². The van der Waals surface area contributed by atoms with E-state index >= 15 is 0 Å². The Morgan fingerprint density at radius 2 is 2.00 bits per heavy atom. The van der Waals surface area contributed by atoms with E-state index in [0.29, 0.717) is 23.7 Å². The van der Waals surface area contributed by atoms with E-state index in [1.54, 1.807) is 24.3 Å². The van der Waals surface area contributed by atoms with Gasteiger partial charge in [-0.15, -0.1) is 10.2 Å². The molecule has 8 nitrogen and oxygen atoms in total. The van der Waals surface area contributed by atoms with Crippen LogP contribution < -0.4 is 5.32 Å². The van der Waals surface area contributed by atoms with Gasteiger partial charge in [-0.3, -0.25) is 9.59 Å². The summed E-state index contributed by atoms with van der Waals surface area (Å²) in [5.41, 5.74) is 0.754. The molecule has 1 aliphatic carbocycles. The lowest BCUT2D eigenvalue weighted by Crippen LogP contribution is -2.47. The highest BCUT2D eigenvalue weighted by Crippen LogP contribution is 2.27. The monoisotopic (exact) mass is 335 g/mol. The van der Waals surface area contributed by atoms with Crippen LogP contribution in [0.5, 0.6) is 0 Å². The summed E-state index contributed by atoms with van der Waals surface area (Å²) in [4.78, 5) is 23.8. The molecule has 3 rings (SSSR count). The van der Waals surface area contributed by atoms with Crippen LogP contribution in [0.2, 0.25) is 5.02 Å². The number of halogens is 1. The van der Waals surface area contributed by atoms with Gasteiger partial charge in [0.1, 0.15) is 6.54 Å². The van der Waals surface area contributed by atoms with E-state index in [0.717, 1.165) is 5.56 Å². The predicted octanol–water partition coefficient (Wildman–Crippen LogP) is 0.973. The number of aromatic nitrogens is 4. The normalized spacial score (nSPS) is 19.9.